The summed E-state index contributed by atoms with van der Waals surface area (Å²) in [5, 5.41) is 13.4. The number of methoxy groups -OCH3 is 1. The van der Waals surface area contributed by atoms with E-state index in [4.69, 9.17) is 4.74 Å². The maximum atomic E-state index is 12.0. The predicted octanol–water partition coefficient (Wildman–Crippen LogP) is 2.11. The second-order valence-corrected chi connectivity index (χ2v) is 5.31. The summed E-state index contributed by atoms with van der Waals surface area (Å²) in [6, 6.07) is 12.0. The van der Waals surface area contributed by atoms with Crippen molar-refractivity contribution in [3.63, 3.8) is 0 Å². The molecule has 27 heavy (non-hydrogen) atoms. The number of rotatable bonds is 7. The SMILES string of the molecule is COC(=O)c1ccccc1NC(=O)COC(=O)Cc1ccccc1[N+](=O)[O-]. The van der Waals surface area contributed by atoms with Gasteiger partial charge < -0.3 is 14.8 Å². The van der Waals surface area contributed by atoms with Crippen molar-refractivity contribution in [1.82, 2.24) is 0 Å². The van der Waals surface area contributed by atoms with Crippen molar-refractivity contribution in [2.75, 3.05) is 19.0 Å². The second-order valence-electron chi connectivity index (χ2n) is 5.31. The van der Waals surface area contributed by atoms with Crippen LogP contribution in [0.3, 0.4) is 0 Å². The number of hydrogen-bond donors (Lipinski definition) is 1. The molecule has 9 nitrogen and oxygen atoms in total. The molecule has 1 amide bonds. The van der Waals surface area contributed by atoms with Gasteiger partial charge in [0.1, 0.15) is 0 Å². The number of carbonyl (C=O) groups excluding carboxylic acids is 3. The van der Waals surface area contributed by atoms with Crippen LogP contribution in [0.15, 0.2) is 48.5 Å². The molecule has 0 bridgehead atoms. The average molecular weight is 372 g/mol. The first kappa shape index (κ1) is 19.6. The van der Waals surface area contributed by atoms with Gasteiger partial charge in [0.25, 0.3) is 11.6 Å². The summed E-state index contributed by atoms with van der Waals surface area (Å²) >= 11 is 0. The Morgan fingerprint density at radius 2 is 1.74 bits per heavy atom. The van der Waals surface area contributed by atoms with Gasteiger partial charge in [0.2, 0.25) is 0 Å². The summed E-state index contributed by atoms with van der Waals surface area (Å²) in [4.78, 5) is 45.8. The quantitative estimate of drug-likeness (QED) is 0.448. The van der Waals surface area contributed by atoms with Crippen molar-refractivity contribution in [1.29, 1.82) is 0 Å². The summed E-state index contributed by atoms with van der Waals surface area (Å²) in [5.74, 6) is -2.08. The summed E-state index contributed by atoms with van der Waals surface area (Å²) in [5.41, 5.74) is 0.346. The van der Waals surface area contributed by atoms with Gasteiger partial charge in [0.05, 0.1) is 29.7 Å². The third kappa shape index (κ3) is 5.36. The van der Waals surface area contributed by atoms with Gasteiger partial charge in [-0.05, 0) is 12.1 Å². The number of nitrogens with one attached hydrogen (secondary N) is 1. The van der Waals surface area contributed by atoms with Crippen molar-refractivity contribution in [2.45, 2.75) is 6.42 Å². The van der Waals surface area contributed by atoms with E-state index in [0.29, 0.717) is 0 Å². The predicted molar refractivity (Wildman–Crippen MR) is 94.2 cm³/mol. The Balaban J connectivity index is 1.94. The molecule has 1 N–H and O–H groups in total. The van der Waals surface area contributed by atoms with Crippen LogP contribution >= 0.6 is 0 Å². The lowest BCUT2D eigenvalue weighted by atomic mass is 10.1. The lowest BCUT2D eigenvalue weighted by molar-refractivity contribution is -0.385. The number of esters is 2. The summed E-state index contributed by atoms with van der Waals surface area (Å²) in [6.07, 6.45) is -0.344. The molecular weight excluding hydrogens is 356 g/mol. The largest absolute Gasteiger partial charge is 0.465 e. The van der Waals surface area contributed by atoms with Crippen LogP contribution in [0.4, 0.5) is 11.4 Å². The van der Waals surface area contributed by atoms with E-state index in [1.165, 1.54) is 37.4 Å². The molecule has 0 aliphatic heterocycles. The summed E-state index contributed by atoms with van der Waals surface area (Å²) in [7, 11) is 1.21. The van der Waals surface area contributed by atoms with Gasteiger partial charge in [-0.1, -0.05) is 30.3 Å². The lowest BCUT2D eigenvalue weighted by Gasteiger charge is -2.10. The normalized spacial score (nSPS) is 9.96. The number of amides is 1. The number of benzene rings is 2. The molecule has 0 atom stereocenters. The van der Waals surface area contributed by atoms with Crippen LogP contribution in [-0.2, 0) is 25.5 Å². The Morgan fingerprint density at radius 3 is 2.44 bits per heavy atom. The minimum atomic E-state index is -0.791. The molecule has 0 aromatic heterocycles. The summed E-state index contributed by atoms with van der Waals surface area (Å²) < 4.78 is 9.47. The van der Waals surface area contributed by atoms with E-state index >= 15 is 0 Å². The molecule has 2 aromatic rings. The average Bonchev–Trinajstić information content (AvgIpc) is 2.66. The third-order valence-corrected chi connectivity index (χ3v) is 3.49. The maximum Gasteiger partial charge on any atom is 0.339 e. The van der Waals surface area contributed by atoms with Crippen molar-refractivity contribution in [3.8, 4) is 0 Å². The highest BCUT2D eigenvalue weighted by molar-refractivity contribution is 6.01. The number of nitrogens with zero attached hydrogens (tertiary/aromatic N) is 1. The number of nitro benzene ring substituents is 1. The van der Waals surface area contributed by atoms with E-state index in [9.17, 15) is 24.5 Å². The highest BCUT2D eigenvalue weighted by Crippen LogP contribution is 2.19. The lowest BCUT2D eigenvalue weighted by Crippen LogP contribution is -2.23. The minimum Gasteiger partial charge on any atom is -0.465 e. The number of anilines is 1. The van der Waals surface area contributed by atoms with E-state index < -0.39 is 29.4 Å². The second kappa shape index (κ2) is 9.09. The fraction of sp³-hybridized carbons (Fsp3) is 0.167. The van der Waals surface area contributed by atoms with E-state index in [0.717, 1.165) is 0 Å². The first-order chi connectivity index (χ1) is 12.9. The van der Waals surface area contributed by atoms with Crippen LogP contribution in [-0.4, -0.2) is 36.5 Å². The van der Waals surface area contributed by atoms with E-state index in [2.05, 4.69) is 10.1 Å². The smallest absolute Gasteiger partial charge is 0.339 e. The molecule has 0 radical (unpaired) electrons. The van der Waals surface area contributed by atoms with E-state index in [1.807, 2.05) is 0 Å². The molecule has 0 saturated heterocycles. The van der Waals surface area contributed by atoms with Gasteiger partial charge >= 0.3 is 11.9 Å². The van der Waals surface area contributed by atoms with Crippen molar-refractivity contribution < 1.29 is 28.8 Å². The first-order valence-electron chi connectivity index (χ1n) is 7.77. The Hall–Kier alpha value is -3.75. The third-order valence-electron chi connectivity index (χ3n) is 3.49. The van der Waals surface area contributed by atoms with Crippen molar-refractivity contribution >= 4 is 29.2 Å². The Labute approximate surface area is 154 Å². The van der Waals surface area contributed by atoms with Crippen LogP contribution in [0.1, 0.15) is 15.9 Å². The van der Waals surface area contributed by atoms with Gasteiger partial charge in [-0.25, -0.2) is 4.79 Å². The molecule has 2 rings (SSSR count). The first-order valence-corrected chi connectivity index (χ1v) is 7.77. The molecule has 0 heterocycles. The Kier molecular flexibility index (Phi) is 6.59. The maximum absolute atomic E-state index is 12.0. The van der Waals surface area contributed by atoms with Gasteiger partial charge in [-0.2, -0.15) is 0 Å². The topological polar surface area (TPSA) is 125 Å². The molecule has 0 spiro atoms. The van der Waals surface area contributed by atoms with Crippen molar-refractivity contribution in [3.05, 3.63) is 69.8 Å². The molecule has 0 unspecified atom stereocenters. The number of para-hydroxylation sites is 2. The fourth-order valence-electron chi connectivity index (χ4n) is 2.26. The number of carbonyl (C=O) groups is 3. The van der Waals surface area contributed by atoms with Crippen molar-refractivity contribution in [2.24, 2.45) is 0 Å². The van der Waals surface area contributed by atoms with Gasteiger partial charge in [0.15, 0.2) is 6.61 Å². The Bertz CT molecular complexity index is 880. The zero-order valence-electron chi connectivity index (χ0n) is 14.3. The van der Waals surface area contributed by atoms with Gasteiger partial charge in [0, 0.05) is 11.6 Å². The molecule has 0 aliphatic rings. The van der Waals surface area contributed by atoms with Gasteiger partial charge in [-0.3, -0.25) is 19.7 Å². The van der Waals surface area contributed by atoms with E-state index in [1.54, 1.807) is 18.2 Å². The minimum absolute atomic E-state index is 0.152. The molecule has 0 aliphatic carbocycles. The van der Waals surface area contributed by atoms with Crippen LogP contribution < -0.4 is 5.32 Å². The number of nitro groups is 1. The highest BCUT2D eigenvalue weighted by atomic mass is 16.6. The van der Waals surface area contributed by atoms with Crippen LogP contribution in [0.2, 0.25) is 0 Å². The van der Waals surface area contributed by atoms with Crippen LogP contribution in [0.5, 0.6) is 0 Å². The number of hydrogen-bond acceptors (Lipinski definition) is 7. The van der Waals surface area contributed by atoms with E-state index in [-0.39, 0.29) is 28.9 Å². The number of ether oxygens (including phenoxy) is 2. The zero-order chi connectivity index (χ0) is 19.8. The van der Waals surface area contributed by atoms with Gasteiger partial charge in [-0.15, -0.1) is 0 Å². The molecular formula is C18H16N2O7. The molecule has 0 fully saturated rings. The molecule has 9 heteroatoms. The molecule has 0 saturated carbocycles. The van der Waals surface area contributed by atoms with Crippen LogP contribution in [0, 0.1) is 10.1 Å². The summed E-state index contributed by atoms with van der Waals surface area (Å²) in [6.45, 7) is -0.602. The molecule has 140 valence electrons. The Morgan fingerprint density at radius 1 is 1.07 bits per heavy atom. The highest BCUT2D eigenvalue weighted by Gasteiger charge is 2.18. The monoisotopic (exact) mass is 372 g/mol. The molecule has 2 aromatic carbocycles. The zero-order valence-corrected chi connectivity index (χ0v) is 14.3. The van der Waals surface area contributed by atoms with Crippen LogP contribution in [0.25, 0.3) is 0 Å². The standard InChI is InChI=1S/C18H16N2O7/c1-26-18(23)13-7-3-4-8-14(13)19-16(21)11-27-17(22)10-12-6-2-5-9-15(12)20(24)25/h2-9H,10-11H2,1H3,(H,19,21). The fourth-order valence-corrected chi connectivity index (χ4v) is 2.26.